The molecule has 26 heavy (non-hydrogen) atoms. The standard InChI is InChI=1S/C20H19N3O3/c1-26-20(25)18(14-15-6-3-2-4-7-15)22-19(24)16-8-10-17(11-9-16)23-13-5-12-21-23/h2-13,18H,14H2,1H3,(H,22,24)/t18-/m1/s1. The van der Waals surface area contributed by atoms with Gasteiger partial charge in [-0.3, -0.25) is 4.79 Å². The second kappa shape index (κ2) is 8.11. The summed E-state index contributed by atoms with van der Waals surface area (Å²) in [5, 5.41) is 6.90. The van der Waals surface area contributed by atoms with Crippen molar-refractivity contribution in [3.63, 3.8) is 0 Å². The highest BCUT2D eigenvalue weighted by Crippen LogP contribution is 2.10. The fourth-order valence-electron chi connectivity index (χ4n) is 2.61. The molecule has 6 heteroatoms. The summed E-state index contributed by atoms with van der Waals surface area (Å²) in [7, 11) is 1.31. The Labute approximate surface area is 151 Å². The summed E-state index contributed by atoms with van der Waals surface area (Å²) in [6, 6.07) is 17.5. The topological polar surface area (TPSA) is 73.2 Å². The monoisotopic (exact) mass is 349 g/mol. The maximum absolute atomic E-state index is 12.5. The Bertz CT molecular complexity index is 859. The molecule has 1 aromatic heterocycles. The molecule has 0 fully saturated rings. The van der Waals surface area contributed by atoms with Gasteiger partial charge in [0.15, 0.2) is 0 Å². The van der Waals surface area contributed by atoms with Crippen LogP contribution in [0.15, 0.2) is 73.1 Å². The van der Waals surface area contributed by atoms with Crippen molar-refractivity contribution in [3.8, 4) is 5.69 Å². The van der Waals surface area contributed by atoms with Gasteiger partial charge in [-0.25, -0.2) is 9.48 Å². The van der Waals surface area contributed by atoms with Crippen LogP contribution in [0.25, 0.3) is 5.69 Å². The predicted molar refractivity (Wildman–Crippen MR) is 97.0 cm³/mol. The average Bonchev–Trinajstić information content (AvgIpc) is 3.22. The molecule has 132 valence electrons. The van der Waals surface area contributed by atoms with Gasteiger partial charge in [0.05, 0.1) is 12.8 Å². The largest absolute Gasteiger partial charge is 0.467 e. The van der Waals surface area contributed by atoms with Crippen LogP contribution in [-0.4, -0.2) is 34.8 Å². The first-order valence-electron chi connectivity index (χ1n) is 8.20. The molecule has 1 amide bonds. The number of nitrogens with zero attached hydrogens (tertiary/aromatic N) is 2. The number of carbonyl (C=O) groups excluding carboxylic acids is 2. The SMILES string of the molecule is COC(=O)[C@@H](Cc1ccccc1)NC(=O)c1ccc(-n2cccn2)cc1. The van der Waals surface area contributed by atoms with E-state index in [0.29, 0.717) is 12.0 Å². The van der Waals surface area contributed by atoms with E-state index in [1.807, 2.05) is 42.6 Å². The lowest BCUT2D eigenvalue weighted by atomic mass is 10.1. The predicted octanol–water partition coefficient (Wildman–Crippen LogP) is 2.39. The minimum Gasteiger partial charge on any atom is -0.467 e. The van der Waals surface area contributed by atoms with Gasteiger partial charge in [-0.1, -0.05) is 30.3 Å². The van der Waals surface area contributed by atoms with Gasteiger partial charge in [-0.15, -0.1) is 0 Å². The van der Waals surface area contributed by atoms with Crippen molar-refractivity contribution in [2.75, 3.05) is 7.11 Å². The van der Waals surface area contributed by atoms with Crippen LogP contribution in [0, 0.1) is 0 Å². The van der Waals surface area contributed by atoms with Crippen molar-refractivity contribution < 1.29 is 14.3 Å². The van der Waals surface area contributed by atoms with E-state index in [0.717, 1.165) is 11.3 Å². The number of methoxy groups -OCH3 is 1. The van der Waals surface area contributed by atoms with Crippen LogP contribution in [0.3, 0.4) is 0 Å². The van der Waals surface area contributed by atoms with E-state index in [-0.39, 0.29) is 5.91 Å². The number of aromatic nitrogens is 2. The zero-order valence-corrected chi connectivity index (χ0v) is 14.3. The van der Waals surface area contributed by atoms with Crippen molar-refractivity contribution in [3.05, 3.63) is 84.2 Å². The lowest BCUT2D eigenvalue weighted by molar-refractivity contribution is -0.142. The summed E-state index contributed by atoms with van der Waals surface area (Å²) < 4.78 is 6.53. The summed E-state index contributed by atoms with van der Waals surface area (Å²) in [5.74, 6) is -0.807. The number of hydrogen-bond acceptors (Lipinski definition) is 4. The van der Waals surface area contributed by atoms with Crippen LogP contribution < -0.4 is 5.32 Å². The van der Waals surface area contributed by atoms with Crippen LogP contribution in [0.4, 0.5) is 0 Å². The van der Waals surface area contributed by atoms with E-state index in [1.165, 1.54) is 7.11 Å². The third kappa shape index (κ3) is 4.16. The van der Waals surface area contributed by atoms with E-state index in [2.05, 4.69) is 10.4 Å². The highest BCUT2D eigenvalue weighted by molar-refractivity contribution is 5.97. The molecule has 0 saturated carbocycles. The molecule has 1 atom stereocenters. The third-order valence-corrected chi connectivity index (χ3v) is 3.97. The molecule has 0 unspecified atom stereocenters. The number of nitrogens with one attached hydrogen (secondary N) is 1. The summed E-state index contributed by atoms with van der Waals surface area (Å²) in [4.78, 5) is 24.6. The number of ether oxygens (including phenoxy) is 1. The molecule has 1 heterocycles. The summed E-state index contributed by atoms with van der Waals surface area (Å²) in [6.45, 7) is 0. The highest BCUT2D eigenvalue weighted by atomic mass is 16.5. The van der Waals surface area contributed by atoms with Gasteiger partial charge in [0.25, 0.3) is 5.91 Å². The van der Waals surface area contributed by atoms with Gasteiger partial charge in [0, 0.05) is 24.4 Å². The van der Waals surface area contributed by atoms with E-state index in [9.17, 15) is 9.59 Å². The van der Waals surface area contributed by atoms with Gasteiger partial charge < -0.3 is 10.1 Å². The van der Waals surface area contributed by atoms with Crippen LogP contribution in [-0.2, 0) is 16.0 Å². The number of hydrogen-bond donors (Lipinski definition) is 1. The van der Waals surface area contributed by atoms with Gasteiger partial charge in [0.2, 0.25) is 0 Å². The van der Waals surface area contributed by atoms with Crippen LogP contribution in [0.2, 0.25) is 0 Å². The van der Waals surface area contributed by atoms with E-state index < -0.39 is 12.0 Å². The first-order chi connectivity index (χ1) is 12.7. The van der Waals surface area contributed by atoms with Gasteiger partial charge in [0.1, 0.15) is 6.04 Å². The Morgan fingerprint density at radius 3 is 2.42 bits per heavy atom. The molecule has 0 bridgehead atoms. The Morgan fingerprint density at radius 2 is 1.81 bits per heavy atom. The Hall–Kier alpha value is -3.41. The Balaban J connectivity index is 1.71. The first kappa shape index (κ1) is 17.4. The van der Waals surface area contributed by atoms with Gasteiger partial charge in [-0.05, 0) is 35.9 Å². The van der Waals surface area contributed by atoms with E-state index in [1.54, 1.807) is 35.1 Å². The average molecular weight is 349 g/mol. The summed E-state index contributed by atoms with van der Waals surface area (Å²) in [5.41, 5.74) is 2.25. The summed E-state index contributed by atoms with van der Waals surface area (Å²) >= 11 is 0. The maximum Gasteiger partial charge on any atom is 0.328 e. The number of benzene rings is 2. The fraction of sp³-hybridized carbons (Fsp3) is 0.150. The third-order valence-electron chi connectivity index (χ3n) is 3.97. The smallest absolute Gasteiger partial charge is 0.328 e. The lowest BCUT2D eigenvalue weighted by Crippen LogP contribution is -2.43. The molecule has 3 rings (SSSR count). The second-order valence-electron chi connectivity index (χ2n) is 5.74. The zero-order chi connectivity index (χ0) is 18.4. The molecule has 1 N–H and O–H groups in total. The van der Waals surface area contributed by atoms with Crippen LogP contribution in [0.5, 0.6) is 0 Å². The van der Waals surface area contributed by atoms with Gasteiger partial charge >= 0.3 is 5.97 Å². The second-order valence-corrected chi connectivity index (χ2v) is 5.74. The van der Waals surface area contributed by atoms with Crippen molar-refractivity contribution in [1.82, 2.24) is 15.1 Å². The first-order valence-corrected chi connectivity index (χ1v) is 8.20. The molecule has 0 aliphatic carbocycles. The molecule has 2 aromatic carbocycles. The molecule has 0 aliphatic rings. The highest BCUT2D eigenvalue weighted by Gasteiger charge is 2.22. The molecule has 0 radical (unpaired) electrons. The number of rotatable bonds is 6. The minimum atomic E-state index is -0.749. The molecular weight excluding hydrogens is 330 g/mol. The lowest BCUT2D eigenvalue weighted by Gasteiger charge is -2.17. The zero-order valence-electron chi connectivity index (χ0n) is 14.3. The van der Waals surface area contributed by atoms with Gasteiger partial charge in [-0.2, -0.15) is 5.10 Å². The normalized spacial score (nSPS) is 11.6. The number of carbonyl (C=O) groups is 2. The van der Waals surface area contributed by atoms with E-state index >= 15 is 0 Å². The Kier molecular flexibility index (Phi) is 5.43. The fourth-order valence-corrected chi connectivity index (χ4v) is 2.61. The molecule has 3 aromatic rings. The molecule has 0 saturated heterocycles. The van der Waals surface area contributed by atoms with E-state index in [4.69, 9.17) is 4.74 Å². The quantitative estimate of drug-likeness (QED) is 0.694. The van der Waals surface area contributed by atoms with Crippen LogP contribution in [0.1, 0.15) is 15.9 Å². The van der Waals surface area contributed by atoms with Crippen molar-refractivity contribution in [2.45, 2.75) is 12.5 Å². The van der Waals surface area contributed by atoms with Crippen molar-refractivity contribution in [2.24, 2.45) is 0 Å². The Morgan fingerprint density at radius 1 is 1.08 bits per heavy atom. The van der Waals surface area contributed by atoms with Crippen molar-refractivity contribution >= 4 is 11.9 Å². The molecular formula is C20H19N3O3. The van der Waals surface area contributed by atoms with Crippen LogP contribution >= 0.6 is 0 Å². The van der Waals surface area contributed by atoms with Crippen molar-refractivity contribution in [1.29, 1.82) is 0 Å². The number of amides is 1. The molecule has 0 spiro atoms. The molecule has 0 aliphatic heterocycles. The summed E-state index contributed by atoms with van der Waals surface area (Å²) in [6.07, 6.45) is 3.87. The number of esters is 1. The minimum absolute atomic E-state index is 0.330. The maximum atomic E-state index is 12.5. The molecule has 6 nitrogen and oxygen atoms in total.